The number of esters is 1. The molecule has 0 bridgehead atoms. The van der Waals surface area contributed by atoms with Crippen LogP contribution in [0.3, 0.4) is 0 Å². The predicted molar refractivity (Wildman–Crippen MR) is 95.6 cm³/mol. The lowest BCUT2D eigenvalue weighted by atomic mass is 9.93. The molecule has 0 unspecified atom stereocenters. The van der Waals surface area contributed by atoms with Gasteiger partial charge in [-0.05, 0) is 32.8 Å². The number of carbonyl (C=O) groups is 2. The largest absolute Gasteiger partial charge is 0.460 e. The second-order valence-corrected chi connectivity index (χ2v) is 9.05. The zero-order valence-corrected chi connectivity index (χ0v) is 16.4. The molecule has 0 saturated heterocycles. The lowest BCUT2D eigenvalue weighted by molar-refractivity contribution is -0.157. The van der Waals surface area contributed by atoms with E-state index >= 15 is 0 Å². The van der Waals surface area contributed by atoms with Crippen molar-refractivity contribution in [2.45, 2.75) is 39.2 Å². The number of ketones is 1. The van der Waals surface area contributed by atoms with Crippen molar-refractivity contribution in [3.63, 3.8) is 0 Å². The molecular weight excluding hydrogens is 343 g/mol. The summed E-state index contributed by atoms with van der Waals surface area (Å²) in [6.07, 6.45) is -0.106. The molecule has 0 N–H and O–H groups in total. The van der Waals surface area contributed by atoms with Gasteiger partial charge in [-0.2, -0.15) is 0 Å². The fraction of sp³-hybridized carbons (Fsp3) is 0.556. The highest BCUT2D eigenvalue weighted by molar-refractivity contribution is 7.54. The van der Waals surface area contributed by atoms with Gasteiger partial charge in [-0.1, -0.05) is 30.3 Å². The molecule has 0 aliphatic rings. The van der Waals surface area contributed by atoms with Crippen molar-refractivity contribution < 1.29 is 27.9 Å². The van der Waals surface area contributed by atoms with Crippen molar-refractivity contribution in [1.29, 1.82) is 0 Å². The molecule has 0 aromatic heterocycles. The van der Waals surface area contributed by atoms with Crippen molar-refractivity contribution >= 4 is 19.3 Å². The van der Waals surface area contributed by atoms with Crippen LogP contribution in [0.2, 0.25) is 0 Å². The first-order chi connectivity index (χ1) is 11.6. The van der Waals surface area contributed by atoms with Gasteiger partial charge in [0.05, 0.1) is 6.42 Å². The Morgan fingerprint density at radius 1 is 1.08 bits per heavy atom. The van der Waals surface area contributed by atoms with Crippen LogP contribution < -0.4 is 0 Å². The summed E-state index contributed by atoms with van der Waals surface area (Å²) < 4.78 is 27.2. The first-order valence-electron chi connectivity index (χ1n) is 8.07. The molecule has 25 heavy (non-hydrogen) atoms. The average Bonchev–Trinajstić information content (AvgIpc) is 2.53. The molecule has 0 heterocycles. The van der Waals surface area contributed by atoms with Crippen LogP contribution in [0.25, 0.3) is 0 Å². The summed E-state index contributed by atoms with van der Waals surface area (Å²) in [6, 6.07) is 9.35. The second kappa shape index (κ2) is 9.27. The Balaban J connectivity index is 2.92. The van der Waals surface area contributed by atoms with E-state index in [0.717, 1.165) is 5.56 Å². The molecule has 6 nitrogen and oxygen atoms in total. The highest BCUT2D eigenvalue weighted by atomic mass is 31.2. The fourth-order valence-electron chi connectivity index (χ4n) is 2.31. The van der Waals surface area contributed by atoms with Gasteiger partial charge in [-0.15, -0.1) is 0 Å². The molecule has 0 amide bonds. The van der Waals surface area contributed by atoms with E-state index in [1.54, 1.807) is 20.8 Å². The molecule has 1 rings (SSSR count). The van der Waals surface area contributed by atoms with E-state index in [4.69, 9.17) is 13.8 Å². The van der Waals surface area contributed by atoms with Gasteiger partial charge in [0, 0.05) is 20.1 Å². The normalized spacial score (nSPS) is 13.3. The summed E-state index contributed by atoms with van der Waals surface area (Å²) in [5.41, 5.74) is 0.278. The lowest BCUT2D eigenvalue weighted by Gasteiger charge is -2.22. The molecule has 0 aliphatic heterocycles. The third-order valence-corrected chi connectivity index (χ3v) is 5.33. The average molecular weight is 370 g/mol. The monoisotopic (exact) mass is 370 g/mol. The van der Waals surface area contributed by atoms with Gasteiger partial charge in [0.25, 0.3) is 0 Å². The Kier molecular flexibility index (Phi) is 8.00. The summed E-state index contributed by atoms with van der Waals surface area (Å²) >= 11 is 0. The van der Waals surface area contributed by atoms with Crippen LogP contribution in [-0.4, -0.2) is 37.7 Å². The summed E-state index contributed by atoms with van der Waals surface area (Å²) in [7, 11) is -1.01. The summed E-state index contributed by atoms with van der Waals surface area (Å²) in [4.78, 5) is 24.8. The lowest BCUT2D eigenvalue weighted by Crippen LogP contribution is -2.29. The first-order valence-corrected chi connectivity index (χ1v) is 9.80. The first kappa shape index (κ1) is 21.6. The zero-order valence-electron chi connectivity index (χ0n) is 15.5. The number of benzene rings is 1. The highest BCUT2D eigenvalue weighted by Gasteiger charge is 2.32. The molecule has 0 spiro atoms. The van der Waals surface area contributed by atoms with Gasteiger partial charge < -0.3 is 13.8 Å². The summed E-state index contributed by atoms with van der Waals surface area (Å²) in [6.45, 7) is 5.30. The summed E-state index contributed by atoms with van der Waals surface area (Å²) in [5.74, 6) is -1.47. The van der Waals surface area contributed by atoms with E-state index in [0.29, 0.717) is 6.42 Å². The predicted octanol–water partition coefficient (Wildman–Crippen LogP) is 3.63. The highest BCUT2D eigenvalue weighted by Crippen LogP contribution is 2.46. The Bertz CT molecular complexity index is 612. The second-order valence-electron chi connectivity index (χ2n) is 6.78. The van der Waals surface area contributed by atoms with Crippen LogP contribution in [0.1, 0.15) is 32.8 Å². The van der Waals surface area contributed by atoms with E-state index in [9.17, 15) is 14.2 Å². The minimum atomic E-state index is -3.48. The van der Waals surface area contributed by atoms with Crippen LogP contribution in [0.15, 0.2) is 30.3 Å². The van der Waals surface area contributed by atoms with Gasteiger partial charge in [-0.25, -0.2) is 0 Å². The standard InChI is InChI=1S/C18H27O6P/c1-18(2,3)24-17(20)12-15(11-14-9-7-6-8-10-14)16(19)13-25(21,22-4)23-5/h6-10,15H,11-13H2,1-5H3/t15-/m1/s1. The van der Waals surface area contributed by atoms with Crippen molar-refractivity contribution in [1.82, 2.24) is 0 Å². The topological polar surface area (TPSA) is 78.9 Å². The molecule has 0 fully saturated rings. The number of Topliss-reactive ketones (excluding diaryl/α,β-unsaturated/α-hetero) is 1. The van der Waals surface area contributed by atoms with Gasteiger partial charge in [-0.3, -0.25) is 14.2 Å². The molecule has 140 valence electrons. The Morgan fingerprint density at radius 2 is 1.64 bits per heavy atom. The molecule has 1 atom stereocenters. The van der Waals surface area contributed by atoms with Gasteiger partial charge in [0.1, 0.15) is 17.5 Å². The van der Waals surface area contributed by atoms with E-state index in [1.807, 2.05) is 30.3 Å². The minimum Gasteiger partial charge on any atom is -0.460 e. The van der Waals surface area contributed by atoms with Crippen molar-refractivity contribution in [2.24, 2.45) is 5.92 Å². The number of hydrogen-bond donors (Lipinski definition) is 0. The van der Waals surface area contributed by atoms with Crippen LogP contribution in [0.5, 0.6) is 0 Å². The number of ether oxygens (including phenoxy) is 1. The van der Waals surface area contributed by atoms with Crippen LogP contribution >= 0.6 is 7.60 Å². The van der Waals surface area contributed by atoms with Crippen molar-refractivity contribution in [3.8, 4) is 0 Å². The van der Waals surface area contributed by atoms with E-state index in [1.165, 1.54) is 14.2 Å². The van der Waals surface area contributed by atoms with Crippen LogP contribution in [0, 0.1) is 5.92 Å². The Hall–Kier alpha value is -1.49. The van der Waals surface area contributed by atoms with Crippen molar-refractivity contribution in [2.75, 3.05) is 20.4 Å². The number of carbonyl (C=O) groups excluding carboxylic acids is 2. The smallest absolute Gasteiger partial charge is 0.337 e. The molecular formula is C18H27O6P. The van der Waals surface area contributed by atoms with E-state index < -0.39 is 25.1 Å². The minimum absolute atomic E-state index is 0.0849. The van der Waals surface area contributed by atoms with Crippen LogP contribution in [0.4, 0.5) is 0 Å². The Labute approximate surface area is 149 Å². The fourth-order valence-corrected chi connectivity index (χ4v) is 3.35. The van der Waals surface area contributed by atoms with Crippen LogP contribution in [-0.2, 0) is 34.4 Å². The maximum atomic E-state index is 12.6. The van der Waals surface area contributed by atoms with Gasteiger partial charge in [0.2, 0.25) is 0 Å². The van der Waals surface area contributed by atoms with Crippen molar-refractivity contribution in [3.05, 3.63) is 35.9 Å². The maximum Gasteiger partial charge on any atom is 0.337 e. The molecule has 1 aromatic carbocycles. The number of hydrogen-bond acceptors (Lipinski definition) is 6. The van der Waals surface area contributed by atoms with E-state index in [2.05, 4.69) is 0 Å². The van der Waals surface area contributed by atoms with Gasteiger partial charge in [0.15, 0.2) is 0 Å². The third-order valence-electron chi connectivity index (χ3n) is 3.52. The van der Waals surface area contributed by atoms with E-state index in [-0.39, 0.29) is 18.4 Å². The summed E-state index contributed by atoms with van der Waals surface area (Å²) in [5, 5.41) is 0. The zero-order chi connectivity index (χ0) is 19.1. The number of rotatable bonds is 9. The molecule has 0 saturated carbocycles. The molecule has 7 heteroatoms. The quantitative estimate of drug-likeness (QED) is 0.488. The Morgan fingerprint density at radius 3 is 2.12 bits per heavy atom. The maximum absolute atomic E-state index is 12.6. The molecule has 0 radical (unpaired) electrons. The molecule has 1 aromatic rings. The van der Waals surface area contributed by atoms with Gasteiger partial charge >= 0.3 is 13.6 Å². The molecule has 0 aliphatic carbocycles. The third kappa shape index (κ3) is 7.95. The SMILES string of the molecule is COP(=O)(CC(=O)[C@@H](CC(=O)OC(C)(C)C)Cc1ccccc1)OC.